The van der Waals surface area contributed by atoms with Crippen molar-refractivity contribution in [2.24, 2.45) is 0 Å². The molecule has 0 saturated carbocycles. The monoisotopic (exact) mass is 329 g/mol. The summed E-state index contributed by atoms with van der Waals surface area (Å²) in [5.41, 5.74) is 0. The van der Waals surface area contributed by atoms with Crippen molar-refractivity contribution in [2.45, 2.75) is 0 Å². The van der Waals surface area contributed by atoms with Gasteiger partial charge in [0, 0.05) is 4.47 Å². The number of aromatic nitrogens is 3. The molecule has 6 heteroatoms. The van der Waals surface area contributed by atoms with Gasteiger partial charge in [-0.05, 0) is 44.0 Å². The zero-order valence-electron chi connectivity index (χ0n) is 7.39. The van der Waals surface area contributed by atoms with Gasteiger partial charge in [0.1, 0.15) is 18.4 Å². The molecule has 1 aromatic carbocycles. The van der Waals surface area contributed by atoms with E-state index in [4.69, 9.17) is 4.74 Å². The van der Waals surface area contributed by atoms with E-state index in [9.17, 15) is 0 Å². The minimum absolute atomic E-state index is 0.267. The van der Waals surface area contributed by atoms with Crippen molar-refractivity contribution in [3.63, 3.8) is 0 Å². The molecule has 0 fully saturated rings. The molecule has 76 valence electrons. The first-order chi connectivity index (χ1) is 7.27. The molecule has 0 radical (unpaired) electrons. The molecule has 0 aliphatic heterocycles. The van der Waals surface area contributed by atoms with Gasteiger partial charge in [0.05, 0.1) is 4.47 Å². The highest BCUT2D eigenvalue weighted by Gasteiger charge is 2.06. The van der Waals surface area contributed by atoms with Crippen LogP contribution in [-0.4, -0.2) is 15.0 Å². The van der Waals surface area contributed by atoms with Crippen LogP contribution in [-0.2, 0) is 0 Å². The summed E-state index contributed by atoms with van der Waals surface area (Å²) in [5.74, 6) is 0.649. The van der Waals surface area contributed by atoms with E-state index in [1.165, 1.54) is 12.7 Å². The lowest BCUT2D eigenvalue weighted by Gasteiger charge is -2.05. The maximum atomic E-state index is 5.45. The highest BCUT2D eigenvalue weighted by molar-refractivity contribution is 9.13. The van der Waals surface area contributed by atoms with Crippen LogP contribution >= 0.6 is 31.9 Å². The summed E-state index contributed by atoms with van der Waals surface area (Å²) >= 11 is 6.77. The van der Waals surface area contributed by atoms with Gasteiger partial charge in [0.15, 0.2) is 0 Å². The lowest BCUT2D eigenvalue weighted by atomic mass is 10.3. The number of hydrogen-bond donors (Lipinski definition) is 0. The SMILES string of the molecule is Brc1cccc(Oc2ncncn2)c1Br. The Kier molecular flexibility index (Phi) is 3.27. The molecule has 0 aliphatic rings. The van der Waals surface area contributed by atoms with Gasteiger partial charge >= 0.3 is 6.01 Å². The average Bonchev–Trinajstić information content (AvgIpc) is 2.26. The second kappa shape index (κ2) is 4.67. The molecule has 15 heavy (non-hydrogen) atoms. The van der Waals surface area contributed by atoms with Gasteiger partial charge in [-0.3, -0.25) is 0 Å². The van der Waals surface area contributed by atoms with Crippen LogP contribution in [0.15, 0.2) is 39.8 Å². The standard InChI is InChI=1S/C9H5Br2N3O/c10-6-2-1-3-7(8(6)11)15-9-13-4-12-5-14-9/h1-5H. The fourth-order valence-corrected chi connectivity index (χ4v) is 1.64. The van der Waals surface area contributed by atoms with E-state index >= 15 is 0 Å². The Hall–Kier alpha value is -1.01. The molecule has 0 amide bonds. The molecular formula is C9H5Br2N3O. The van der Waals surface area contributed by atoms with Crippen LogP contribution in [0.3, 0.4) is 0 Å². The van der Waals surface area contributed by atoms with Gasteiger partial charge in [-0.2, -0.15) is 9.97 Å². The third-order valence-electron chi connectivity index (χ3n) is 1.59. The summed E-state index contributed by atoms with van der Waals surface area (Å²) in [6.45, 7) is 0. The lowest BCUT2D eigenvalue weighted by Crippen LogP contribution is -1.92. The summed E-state index contributed by atoms with van der Waals surface area (Å²) in [6, 6.07) is 5.86. The van der Waals surface area contributed by atoms with Crippen molar-refractivity contribution in [3.05, 3.63) is 39.8 Å². The molecule has 4 nitrogen and oxygen atoms in total. The molecular weight excluding hydrogens is 326 g/mol. The van der Waals surface area contributed by atoms with Crippen LogP contribution in [0.2, 0.25) is 0 Å². The number of halogens is 2. The van der Waals surface area contributed by atoms with Crippen molar-refractivity contribution < 1.29 is 4.74 Å². The molecule has 0 spiro atoms. The zero-order chi connectivity index (χ0) is 10.7. The van der Waals surface area contributed by atoms with Gasteiger partial charge in [0.2, 0.25) is 0 Å². The van der Waals surface area contributed by atoms with Crippen LogP contribution in [0.25, 0.3) is 0 Å². The van der Waals surface area contributed by atoms with E-state index in [1.54, 1.807) is 0 Å². The van der Waals surface area contributed by atoms with Crippen molar-refractivity contribution in [3.8, 4) is 11.8 Å². The van der Waals surface area contributed by atoms with Gasteiger partial charge in [-0.25, -0.2) is 4.98 Å². The van der Waals surface area contributed by atoms with Crippen LogP contribution in [0.4, 0.5) is 0 Å². The maximum absolute atomic E-state index is 5.45. The molecule has 2 aromatic rings. The fraction of sp³-hybridized carbons (Fsp3) is 0. The Balaban J connectivity index is 2.29. The number of ether oxygens (including phenoxy) is 1. The van der Waals surface area contributed by atoms with Crippen molar-refractivity contribution in [1.29, 1.82) is 0 Å². The highest BCUT2D eigenvalue weighted by Crippen LogP contribution is 2.33. The van der Waals surface area contributed by atoms with E-state index in [1.807, 2.05) is 18.2 Å². The fourth-order valence-electron chi connectivity index (χ4n) is 0.942. The van der Waals surface area contributed by atoms with Crippen molar-refractivity contribution in [2.75, 3.05) is 0 Å². The number of nitrogens with zero attached hydrogens (tertiary/aromatic N) is 3. The first kappa shape index (κ1) is 10.5. The normalized spacial score (nSPS) is 10.0. The third-order valence-corrected chi connectivity index (χ3v) is 3.60. The van der Waals surface area contributed by atoms with E-state index < -0.39 is 0 Å². The topological polar surface area (TPSA) is 47.9 Å². The smallest absolute Gasteiger partial charge is 0.324 e. The highest BCUT2D eigenvalue weighted by atomic mass is 79.9. The summed E-state index contributed by atoms with van der Waals surface area (Å²) in [7, 11) is 0. The predicted octanol–water partition coefficient (Wildman–Crippen LogP) is 3.19. The molecule has 0 saturated heterocycles. The summed E-state index contributed by atoms with van der Waals surface area (Å²) in [6.07, 6.45) is 2.77. The van der Waals surface area contributed by atoms with Crippen LogP contribution in [0, 0.1) is 0 Å². The van der Waals surface area contributed by atoms with Gasteiger partial charge in [-0.15, -0.1) is 0 Å². The van der Waals surface area contributed by atoms with E-state index in [0.29, 0.717) is 5.75 Å². The Morgan fingerprint density at radius 2 is 1.80 bits per heavy atom. The molecule has 1 aromatic heterocycles. The average molecular weight is 331 g/mol. The Labute approximate surface area is 103 Å². The second-order valence-electron chi connectivity index (χ2n) is 2.57. The molecule has 0 atom stereocenters. The number of rotatable bonds is 2. The minimum atomic E-state index is 0.267. The maximum Gasteiger partial charge on any atom is 0.324 e. The molecule has 0 aliphatic carbocycles. The summed E-state index contributed by atoms with van der Waals surface area (Å²) in [5, 5.41) is 0. The lowest BCUT2D eigenvalue weighted by molar-refractivity contribution is 0.436. The Bertz CT molecular complexity index is 464. The molecule has 0 N–H and O–H groups in total. The number of benzene rings is 1. The quantitative estimate of drug-likeness (QED) is 0.848. The largest absolute Gasteiger partial charge is 0.423 e. The first-order valence-electron chi connectivity index (χ1n) is 4.01. The molecule has 0 unspecified atom stereocenters. The molecule has 2 rings (SSSR count). The minimum Gasteiger partial charge on any atom is -0.423 e. The van der Waals surface area contributed by atoms with E-state index in [0.717, 1.165) is 8.95 Å². The van der Waals surface area contributed by atoms with Crippen LogP contribution in [0.5, 0.6) is 11.8 Å². The van der Waals surface area contributed by atoms with E-state index in [-0.39, 0.29) is 6.01 Å². The molecule has 1 heterocycles. The predicted molar refractivity (Wildman–Crippen MR) is 61.7 cm³/mol. The zero-order valence-corrected chi connectivity index (χ0v) is 10.6. The Morgan fingerprint density at radius 3 is 2.53 bits per heavy atom. The second-order valence-corrected chi connectivity index (χ2v) is 4.22. The molecule has 0 bridgehead atoms. The summed E-state index contributed by atoms with van der Waals surface area (Å²) < 4.78 is 7.19. The third kappa shape index (κ3) is 2.51. The van der Waals surface area contributed by atoms with Crippen molar-refractivity contribution in [1.82, 2.24) is 15.0 Å². The van der Waals surface area contributed by atoms with Crippen LogP contribution in [0.1, 0.15) is 0 Å². The van der Waals surface area contributed by atoms with Gasteiger partial charge in [-0.1, -0.05) is 6.07 Å². The van der Waals surface area contributed by atoms with Gasteiger partial charge in [0.25, 0.3) is 0 Å². The van der Waals surface area contributed by atoms with Crippen LogP contribution < -0.4 is 4.74 Å². The van der Waals surface area contributed by atoms with E-state index in [2.05, 4.69) is 46.8 Å². The number of hydrogen-bond acceptors (Lipinski definition) is 4. The van der Waals surface area contributed by atoms with Gasteiger partial charge < -0.3 is 4.74 Å². The van der Waals surface area contributed by atoms with Crippen molar-refractivity contribution >= 4 is 31.9 Å². The first-order valence-corrected chi connectivity index (χ1v) is 5.60. The Morgan fingerprint density at radius 1 is 1.07 bits per heavy atom. The summed E-state index contributed by atoms with van der Waals surface area (Å²) in [4.78, 5) is 11.4.